The number of rotatable bonds is 7. The van der Waals surface area contributed by atoms with Crippen LogP contribution in [0.2, 0.25) is 0 Å². The monoisotopic (exact) mass is 388 g/mol. The van der Waals surface area contributed by atoms with E-state index < -0.39 is 26.5 Å². The zero-order chi connectivity index (χ0) is 15.9. The quantitative estimate of drug-likeness (QED) is 0.489. The number of hydrogen-bond donors (Lipinski definition) is 4. The van der Waals surface area contributed by atoms with Gasteiger partial charge >= 0.3 is 0 Å². The van der Waals surface area contributed by atoms with Crippen LogP contribution in [0.3, 0.4) is 0 Å². The molecule has 20 heavy (non-hydrogen) atoms. The largest absolute Gasteiger partial charge is 0.400 e. The van der Waals surface area contributed by atoms with E-state index in [0.29, 0.717) is 6.54 Å². The van der Waals surface area contributed by atoms with Gasteiger partial charge in [0, 0.05) is 51.8 Å². The minimum absolute atomic E-state index is 0. The summed E-state index contributed by atoms with van der Waals surface area (Å²) < 4.78 is 4.82. The van der Waals surface area contributed by atoms with Crippen molar-refractivity contribution < 1.29 is 57.1 Å². The summed E-state index contributed by atoms with van der Waals surface area (Å²) in [7, 11) is 0.376. The molecule has 1 amide bonds. The van der Waals surface area contributed by atoms with Crippen molar-refractivity contribution in [3.05, 3.63) is 0 Å². The molecule has 4 N–H and O–H groups in total. The van der Waals surface area contributed by atoms with Crippen LogP contribution < -0.4 is 5.32 Å². The molecule has 0 aromatic rings. The van der Waals surface area contributed by atoms with E-state index in [1.165, 1.54) is 0 Å². The number of aliphatic hydroxyl groups is 2. The maximum absolute atomic E-state index is 11.4. The molecular formula is C12H30NO5PY. The molecule has 0 aromatic carbocycles. The molecule has 2 atom stereocenters. The maximum Gasteiger partial charge on any atom is 0.249 e. The van der Waals surface area contributed by atoms with Gasteiger partial charge in [-0.15, -0.1) is 0 Å². The van der Waals surface area contributed by atoms with Gasteiger partial charge in [0.2, 0.25) is 5.91 Å². The second-order valence-corrected chi connectivity index (χ2v) is 4.53. The average molecular weight is 388 g/mol. The zero-order valence-corrected chi connectivity index (χ0v) is 17.3. The van der Waals surface area contributed by atoms with Crippen LogP contribution in [0.5, 0.6) is 0 Å². The van der Waals surface area contributed by atoms with Gasteiger partial charge in [0.15, 0.2) is 9.03 Å². The molecule has 0 aliphatic carbocycles. The molecule has 0 saturated carbocycles. The molecule has 121 valence electrons. The van der Waals surface area contributed by atoms with Gasteiger partial charge in [-0.05, 0) is 6.42 Å². The van der Waals surface area contributed by atoms with Gasteiger partial charge in [-0.1, -0.05) is 34.6 Å². The fraction of sp³-hybridized carbons (Fsp3) is 0.917. The molecule has 0 spiro atoms. The van der Waals surface area contributed by atoms with E-state index in [4.69, 9.17) is 14.5 Å². The van der Waals surface area contributed by atoms with Gasteiger partial charge in [-0.2, -0.15) is 0 Å². The maximum atomic E-state index is 11.4. The van der Waals surface area contributed by atoms with Gasteiger partial charge in [-0.3, -0.25) is 4.79 Å². The number of hydrogen-bond acceptors (Lipinski definition) is 5. The van der Waals surface area contributed by atoms with Crippen molar-refractivity contribution in [1.29, 1.82) is 0 Å². The molecule has 0 aliphatic rings. The summed E-state index contributed by atoms with van der Waals surface area (Å²) in [5, 5.41) is 19.3. The van der Waals surface area contributed by atoms with Gasteiger partial charge in [0.1, 0.15) is 6.10 Å². The van der Waals surface area contributed by atoms with Crippen molar-refractivity contribution in [1.82, 2.24) is 5.32 Å². The van der Waals surface area contributed by atoms with E-state index in [1.54, 1.807) is 13.8 Å². The Balaban J connectivity index is -0.000000233. The fourth-order valence-corrected chi connectivity index (χ4v) is 1.43. The summed E-state index contributed by atoms with van der Waals surface area (Å²) in [6.07, 6.45) is -0.298. The van der Waals surface area contributed by atoms with Gasteiger partial charge in [-0.25, -0.2) is 0 Å². The molecule has 1 radical (unpaired) electrons. The summed E-state index contributed by atoms with van der Waals surface area (Å²) >= 11 is 0. The fourth-order valence-electron chi connectivity index (χ4n) is 0.997. The molecule has 6 nitrogen and oxygen atoms in total. The summed E-state index contributed by atoms with van der Waals surface area (Å²) in [6, 6.07) is 0. The normalized spacial score (nSPS) is 11.4. The van der Waals surface area contributed by atoms with Gasteiger partial charge in [0.25, 0.3) is 0 Å². The van der Waals surface area contributed by atoms with Crippen LogP contribution in [0.1, 0.15) is 41.0 Å². The number of nitrogens with one attached hydrogen (secondary N) is 1. The summed E-state index contributed by atoms with van der Waals surface area (Å²) in [5.74, 6) is -0.397. The second-order valence-electron chi connectivity index (χ2n) is 4.06. The van der Waals surface area contributed by atoms with Crippen LogP contribution in [0, 0.1) is 5.41 Å². The first-order valence-electron chi connectivity index (χ1n) is 6.37. The Bertz CT molecular complexity index is 208. The summed E-state index contributed by atoms with van der Waals surface area (Å²) in [5.41, 5.74) is -0.701. The summed E-state index contributed by atoms with van der Waals surface area (Å²) in [6.45, 7) is 10.1. The number of aliphatic hydroxyl groups excluding tert-OH is 2. The Labute approximate surface area is 149 Å². The van der Waals surface area contributed by atoms with Crippen molar-refractivity contribution >= 4 is 14.9 Å². The van der Waals surface area contributed by atoms with E-state index in [-0.39, 0.29) is 39.3 Å². The van der Waals surface area contributed by atoms with E-state index in [1.807, 2.05) is 20.8 Å². The van der Waals surface area contributed by atoms with Crippen molar-refractivity contribution in [3.8, 4) is 0 Å². The second kappa shape index (κ2) is 19.8. The third kappa shape index (κ3) is 15.2. The van der Waals surface area contributed by atoms with E-state index >= 15 is 0 Å². The van der Waals surface area contributed by atoms with Crippen molar-refractivity contribution in [2.45, 2.75) is 47.1 Å². The molecule has 2 unspecified atom stereocenters. The van der Waals surface area contributed by atoms with Crippen molar-refractivity contribution in [2.75, 3.05) is 20.3 Å². The van der Waals surface area contributed by atoms with Crippen LogP contribution >= 0.6 is 9.03 Å². The molecule has 0 aromatic heterocycles. The number of carbonyl (C=O) groups excluding carboxylic acids is 1. The topological polar surface area (TPSA) is 99.0 Å². The molecule has 0 saturated heterocycles. The van der Waals surface area contributed by atoms with Crippen LogP contribution in [0.4, 0.5) is 0 Å². The van der Waals surface area contributed by atoms with E-state index in [2.05, 4.69) is 5.32 Å². The first-order valence-corrected chi connectivity index (χ1v) is 7.22. The first-order chi connectivity index (χ1) is 8.95. The predicted octanol–water partition coefficient (Wildman–Crippen LogP) is 1.05. The SMILES string of the molecule is CC.CCCNC(=O)C(O)C(C)(C)COPO.CO.[Y]. The molecule has 8 heteroatoms. The van der Waals surface area contributed by atoms with Gasteiger partial charge < -0.3 is 24.9 Å². The zero-order valence-electron chi connectivity index (χ0n) is 13.4. The Morgan fingerprint density at radius 1 is 1.35 bits per heavy atom. The van der Waals surface area contributed by atoms with Crippen molar-refractivity contribution in [3.63, 3.8) is 0 Å². The van der Waals surface area contributed by atoms with E-state index in [9.17, 15) is 9.90 Å². The standard InChI is InChI=1S/C9H20NO4P.C2H6.CH4O.Y/c1-4-5-10-8(12)7(11)9(2,3)6-14-15-13;2*1-2;/h7,11,13,15H,4-6H2,1-3H3,(H,10,12);1-2H3;2H,1H3;. The van der Waals surface area contributed by atoms with Gasteiger partial charge in [0.05, 0.1) is 6.61 Å². The minimum Gasteiger partial charge on any atom is -0.400 e. The molecule has 0 heterocycles. The molecular weight excluding hydrogens is 358 g/mol. The molecule has 0 bridgehead atoms. The van der Waals surface area contributed by atoms with Crippen molar-refractivity contribution in [2.24, 2.45) is 5.41 Å². The van der Waals surface area contributed by atoms with Crippen LogP contribution in [0.15, 0.2) is 0 Å². The average Bonchev–Trinajstić information content (AvgIpc) is 2.46. The van der Waals surface area contributed by atoms with Crippen LogP contribution in [-0.2, 0) is 42.0 Å². The minimum atomic E-state index is -1.12. The van der Waals surface area contributed by atoms with Crippen LogP contribution in [-0.4, -0.2) is 47.4 Å². The predicted molar refractivity (Wildman–Crippen MR) is 79.1 cm³/mol. The molecule has 0 fully saturated rings. The Morgan fingerprint density at radius 2 is 1.80 bits per heavy atom. The molecule has 0 rings (SSSR count). The van der Waals surface area contributed by atoms with E-state index in [0.717, 1.165) is 13.5 Å². The first kappa shape index (κ1) is 28.9. The summed E-state index contributed by atoms with van der Waals surface area (Å²) in [4.78, 5) is 19.9. The Hall–Kier alpha value is 0.844. The Morgan fingerprint density at radius 3 is 2.15 bits per heavy atom. The molecule has 0 aliphatic heterocycles. The number of amides is 1. The third-order valence-corrected chi connectivity index (χ3v) is 2.32. The number of carbonyl (C=O) groups is 1. The Kier molecular flexibility index (Phi) is 28.7. The van der Waals surface area contributed by atoms with Crippen LogP contribution in [0.25, 0.3) is 0 Å². The third-order valence-electron chi connectivity index (χ3n) is 2.05. The smallest absolute Gasteiger partial charge is 0.249 e.